The largest absolute Gasteiger partial charge is 0.310 e. The zero-order valence-corrected chi connectivity index (χ0v) is 56.7. The summed E-state index contributed by atoms with van der Waals surface area (Å²) >= 11 is 0. The molecule has 0 atom stereocenters. The van der Waals surface area contributed by atoms with Gasteiger partial charge in [-0.2, -0.15) is 0 Å². The molecular weight excluding hydrogens is 1080 g/mol. The Morgan fingerprint density at radius 3 is 1.21 bits per heavy atom. The summed E-state index contributed by atoms with van der Waals surface area (Å²) in [5.74, 6) is 0. The zero-order chi connectivity index (χ0) is 63.8. The molecule has 0 spiro atoms. The van der Waals surface area contributed by atoms with Gasteiger partial charge < -0.3 is 9.47 Å². The molecule has 0 aliphatic rings. The van der Waals surface area contributed by atoms with Crippen molar-refractivity contribution in [1.82, 2.24) is 4.57 Å². The maximum atomic E-state index is 2.55. The van der Waals surface area contributed by atoms with E-state index in [1.165, 1.54) is 138 Å². The summed E-state index contributed by atoms with van der Waals surface area (Å²) in [5, 5.41) is 10.1. The second-order valence-corrected chi connectivity index (χ2v) is 32.1. The summed E-state index contributed by atoms with van der Waals surface area (Å²) < 4.78 is 2.54. The lowest BCUT2D eigenvalue weighted by Crippen LogP contribution is -2.16. The number of anilines is 3. The molecule has 452 valence electrons. The summed E-state index contributed by atoms with van der Waals surface area (Å²) in [6, 6.07) is 84.5. The van der Waals surface area contributed by atoms with Crippen LogP contribution in [0.15, 0.2) is 218 Å². The van der Waals surface area contributed by atoms with Crippen LogP contribution in [0.25, 0.3) is 104 Å². The predicted octanol–water partition coefficient (Wildman–Crippen LogP) is 25.6. The highest BCUT2D eigenvalue weighted by Crippen LogP contribution is 2.49. The fourth-order valence-electron chi connectivity index (χ4n) is 13.6. The lowest BCUT2D eigenvalue weighted by molar-refractivity contribution is 0.569. The Morgan fingerprint density at radius 2 is 0.678 bits per heavy atom. The Bertz CT molecular complexity index is 4800. The molecule has 0 saturated carbocycles. The first-order chi connectivity index (χ1) is 42.4. The van der Waals surface area contributed by atoms with Gasteiger partial charge in [0, 0.05) is 32.9 Å². The topological polar surface area (TPSA) is 8.17 Å². The van der Waals surface area contributed by atoms with Gasteiger partial charge >= 0.3 is 0 Å². The van der Waals surface area contributed by atoms with Crippen LogP contribution in [-0.2, 0) is 32.5 Å². The van der Waals surface area contributed by atoms with Crippen LogP contribution in [0.1, 0.15) is 158 Å². The van der Waals surface area contributed by atoms with Crippen LogP contribution in [0, 0.1) is 0 Å². The molecule has 0 amide bonds. The highest BCUT2D eigenvalue weighted by Gasteiger charge is 2.28. The van der Waals surface area contributed by atoms with Crippen LogP contribution in [-0.4, -0.2) is 4.57 Å². The maximum Gasteiger partial charge on any atom is 0.0541 e. The molecule has 0 aliphatic heterocycles. The molecule has 0 bridgehead atoms. The minimum absolute atomic E-state index is 0.000254. The van der Waals surface area contributed by atoms with Gasteiger partial charge in [0.25, 0.3) is 0 Å². The van der Waals surface area contributed by atoms with Crippen LogP contribution in [0.5, 0.6) is 0 Å². The molecule has 0 radical (unpaired) electrons. The first kappa shape index (κ1) is 60.2. The molecule has 90 heavy (non-hydrogen) atoms. The molecule has 13 rings (SSSR count). The van der Waals surface area contributed by atoms with Gasteiger partial charge in [-0.1, -0.05) is 276 Å². The van der Waals surface area contributed by atoms with E-state index >= 15 is 0 Å². The summed E-state index contributed by atoms with van der Waals surface area (Å²) in [4.78, 5) is 2.55. The minimum Gasteiger partial charge on any atom is -0.310 e. The summed E-state index contributed by atoms with van der Waals surface area (Å²) in [6.07, 6.45) is 0. The van der Waals surface area contributed by atoms with Gasteiger partial charge in [-0.15, -0.1) is 0 Å². The first-order valence-corrected chi connectivity index (χ1v) is 32.7. The Morgan fingerprint density at radius 1 is 0.256 bits per heavy atom. The van der Waals surface area contributed by atoms with E-state index in [0.717, 1.165) is 17.1 Å². The van der Waals surface area contributed by atoms with Crippen molar-refractivity contribution < 1.29 is 0 Å². The number of hydrogen-bond donors (Lipinski definition) is 0. The Balaban J connectivity index is 1.04. The lowest BCUT2D eigenvalue weighted by atomic mass is 9.78. The van der Waals surface area contributed by atoms with Crippen LogP contribution in [0.2, 0.25) is 0 Å². The zero-order valence-electron chi connectivity index (χ0n) is 56.7. The van der Waals surface area contributed by atoms with Crippen molar-refractivity contribution in [3.8, 4) is 50.2 Å². The van der Waals surface area contributed by atoms with E-state index in [-0.39, 0.29) is 32.5 Å². The number of fused-ring (bicyclic) bond motifs is 3. The average molecular weight is 1180 g/mol. The number of hydrogen-bond acceptors (Lipinski definition) is 1. The van der Waals surface area contributed by atoms with Crippen LogP contribution in [0.4, 0.5) is 17.1 Å². The van der Waals surface area contributed by atoms with Gasteiger partial charge in [-0.3, -0.25) is 0 Å². The molecule has 0 unspecified atom stereocenters. The third-order valence-electron chi connectivity index (χ3n) is 19.2. The highest BCUT2D eigenvalue weighted by atomic mass is 15.1. The minimum atomic E-state index is -0.160. The van der Waals surface area contributed by atoms with Crippen molar-refractivity contribution in [3.63, 3.8) is 0 Å². The fourth-order valence-corrected chi connectivity index (χ4v) is 13.6. The predicted molar refractivity (Wildman–Crippen MR) is 393 cm³/mol. The van der Waals surface area contributed by atoms with Crippen molar-refractivity contribution in [2.45, 2.75) is 157 Å². The molecule has 1 aromatic heterocycles. The number of rotatable bonds is 8. The van der Waals surface area contributed by atoms with E-state index in [9.17, 15) is 0 Å². The van der Waals surface area contributed by atoms with E-state index in [1.807, 2.05) is 0 Å². The van der Waals surface area contributed by atoms with Gasteiger partial charge in [0.05, 0.1) is 22.4 Å². The monoisotopic (exact) mass is 1170 g/mol. The van der Waals surface area contributed by atoms with E-state index < -0.39 is 0 Å². The maximum absolute atomic E-state index is 2.55. The second-order valence-electron chi connectivity index (χ2n) is 32.1. The molecule has 2 nitrogen and oxygen atoms in total. The highest BCUT2D eigenvalue weighted by molar-refractivity contribution is 6.27. The number of benzene rings is 12. The summed E-state index contributed by atoms with van der Waals surface area (Å²) in [5.41, 5.74) is 24.5. The lowest BCUT2D eigenvalue weighted by Gasteiger charge is -2.31. The Hall–Kier alpha value is -8.72. The smallest absolute Gasteiger partial charge is 0.0541 e. The summed E-state index contributed by atoms with van der Waals surface area (Å²) in [6.45, 7) is 42.0. The standard InChI is InChI=1S/C88H90N2/c1-83(2,3)63-34-42-79-75(53-63)76-54-64(84(4,5)6)35-43-80(76)90(79)78-41-33-58-30-38-73-77(40-32-57-31-39-74(78)82(58)81(57)73)89(70-50-62(49-68(52-70)88(16,17)18)72-27-23-22-26-71(72)56-24-20-19-21-25-56)69-36-28-55(29-37-69)59-44-60(46-65(45-59)85(7,8)9)61-47-66(86(10,11)12)51-67(48-61)87(13,14)15/h19-54H,1-18H3. The van der Waals surface area contributed by atoms with E-state index in [0.29, 0.717) is 0 Å². The van der Waals surface area contributed by atoms with Crippen LogP contribution in [0.3, 0.4) is 0 Å². The van der Waals surface area contributed by atoms with Crippen molar-refractivity contribution in [2.24, 2.45) is 0 Å². The second kappa shape index (κ2) is 21.5. The van der Waals surface area contributed by atoms with Gasteiger partial charge in [-0.25, -0.2) is 0 Å². The Labute approximate surface area is 536 Å². The van der Waals surface area contributed by atoms with Crippen molar-refractivity contribution in [3.05, 3.63) is 252 Å². The molecule has 1 heterocycles. The van der Waals surface area contributed by atoms with Crippen LogP contribution >= 0.6 is 0 Å². The average Bonchev–Trinajstić information content (AvgIpc) is 1.24. The van der Waals surface area contributed by atoms with Gasteiger partial charge in [0.15, 0.2) is 0 Å². The van der Waals surface area contributed by atoms with E-state index in [1.54, 1.807) is 0 Å². The Kier molecular flexibility index (Phi) is 14.4. The van der Waals surface area contributed by atoms with Crippen molar-refractivity contribution in [1.29, 1.82) is 0 Å². The van der Waals surface area contributed by atoms with Gasteiger partial charge in [0.2, 0.25) is 0 Å². The third kappa shape index (κ3) is 11.0. The van der Waals surface area contributed by atoms with Crippen molar-refractivity contribution >= 4 is 71.2 Å². The quantitative estimate of drug-likeness (QED) is 0.138. The number of nitrogens with zero attached hydrogens (tertiary/aromatic N) is 2. The van der Waals surface area contributed by atoms with Gasteiger partial charge in [-0.05, 0) is 199 Å². The van der Waals surface area contributed by atoms with Gasteiger partial charge in [0.1, 0.15) is 0 Å². The fraction of sp³-hybridized carbons (Fsp3) is 0.273. The van der Waals surface area contributed by atoms with Crippen molar-refractivity contribution in [2.75, 3.05) is 4.90 Å². The molecule has 13 aromatic rings. The number of aromatic nitrogens is 1. The molecular formula is C88H90N2. The third-order valence-corrected chi connectivity index (χ3v) is 19.2. The van der Waals surface area contributed by atoms with E-state index in [2.05, 4.69) is 352 Å². The molecule has 0 saturated heterocycles. The molecule has 2 heteroatoms. The van der Waals surface area contributed by atoms with Crippen LogP contribution < -0.4 is 4.90 Å². The summed E-state index contributed by atoms with van der Waals surface area (Å²) in [7, 11) is 0. The molecule has 0 aliphatic carbocycles. The first-order valence-electron chi connectivity index (χ1n) is 32.7. The SMILES string of the molecule is CC(C)(C)c1cc(-c2ccc(N(c3cc(-c4ccccc4-c4ccccc4)cc(C(C)(C)C)c3)c3ccc4ccc5c(-n6c7ccc(C(C)(C)C)cc7c7cc(C(C)(C)C)ccc76)ccc6ccc3c4c65)cc2)cc(-c2cc(C(C)(C)C)cc(C(C)(C)C)c2)c1. The molecule has 0 N–H and O–H groups in total. The van der Waals surface area contributed by atoms with E-state index in [4.69, 9.17) is 0 Å². The molecule has 12 aromatic carbocycles. The molecule has 0 fully saturated rings. The normalized spacial score (nSPS) is 13.0.